The Kier molecular flexibility index (Phi) is 3.28. The van der Waals surface area contributed by atoms with E-state index in [-0.39, 0.29) is 0 Å². The molecular weight excluding hydrogens is 319 g/mol. The molecule has 0 aliphatic heterocycles. The van der Waals surface area contributed by atoms with Gasteiger partial charge in [-0.25, -0.2) is 0 Å². The van der Waals surface area contributed by atoms with Gasteiger partial charge in [-0.2, -0.15) is 4.98 Å². The number of nitrogens with zero attached hydrogens (tertiary/aromatic N) is 2. The zero-order valence-corrected chi connectivity index (χ0v) is 10.9. The average Bonchev–Trinajstić information content (AvgIpc) is 2.63. The summed E-state index contributed by atoms with van der Waals surface area (Å²) in [5, 5.41) is 7.02. The van der Waals surface area contributed by atoms with Crippen molar-refractivity contribution in [2.24, 2.45) is 0 Å². The average molecular weight is 330 g/mol. The number of hydrogen-bond donors (Lipinski definition) is 2. The van der Waals surface area contributed by atoms with Crippen LogP contribution in [0.15, 0.2) is 22.7 Å². The summed E-state index contributed by atoms with van der Waals surface area (Å²) in [6, 6.07) is 5.69. The SMILES string of the molecule is Cc1nc(CNc2ccc(N)cc2I)no1. The lowest BCUT2D eigenvalue weighted by atomic mass is 10.3. The van der Waals surface area contributed by atoms with Crippen LogP contribution in [0.5, 0.6) is 0 Å². The lowest BCUT2D eigenvalue weighted by Gasteiger charge is -2.06. The van der Waals surface area contributed by atoms with E-state index in [1.165, 1.54) is 0 Å². The first kappa shape index (κ1) is 11.2. The number of nitrogen functional groups attached to an aromatic ring is 1. The van der Waals surface area contributed by atoms with Crippen LogP contribution in [0.2, 0.25) is 0 Å². The lowest BCUT2D eigenvalue weighted by Crippen LogP contribution is -2.03. The highest BCUT2D eigenvalue weighted by Gasteiger charge is 2.03. The Morgan fingerprint density at radius 3 is 2.94 bits per heavy atom. The summed E-state index contributed by atoms with van der Waals surface area (Å²) in [4.78, 5) is 4.11. The topological polar surface area (TPSA) is 77.0 Å². The van der Waals surface area contributed by atoms with Gasteiger partial charge in [-0.15, -0.1) is 0 Å². The van der Waals surface area contributed by atoms with Gasteiger partial charge in [-0.05, 0) is 40.8 Å². The molecule has 0 spiro atoms. The first-order chi connectivity index (χ1) is 7.65. The molecule has 3 N–H and O–H groups in total. The zero-order chi connectivity index (χ0) is 11.5. The molecule has 0 fully saturated rings. The van der Waals surface area contributed by atoms with Gasteiger partial charge in [0.15, 0.2) is 5.82 Å². The maximum atomic E-state index is 5.67. The van der Waals surface area contributed by atoms with Crippen LogP contribution < -0.4 is 11.1 Å². The van der Waals surface area contributed by atoms with E-state index in [0.29, 0.717) is 18.3 Å². The number of aryl methyl sites for hydroxylation is 1. The molecule has 16 heavy (non-hydrogen) atoms. The van der Waals surface area contributed by atoms with Gasteiger partial charge in [0.1, 0.15) is 0 Å². The predicted molar refractivity (Wildman–Crippen MR) is 69.9 cm³/mol. The molecule has 0 aliphatic rings. The number of rotatable bonds is 3. The maximum Gasteiger partial charge on any atom is 0.223 e. The van der Waals surface area contributed by atoms with Gasteiger partial charge >= 0.3 is 0 Å². The number of nitrogens with two attached hydrogens (primary N) is 1. The van der Waals surface area contributed by atoms with Gasteiger partial charge in [-0.1, -0.05) is 5.16 Å². The third-order valence-corrected chi connectivity index (χ3v) is 2.89. The fraction of sp³-hybridized carbons (Fsp3) is 0.200. The molecule has 1 aromatic heterocycles. The van der Waals surface area contributed by atoms with Crippen LogP contribution >= 0.6 is 22.6 Å². The largest absolute Gasteiger partial charge is 0.399 e. The molecule has 0 unspecified atom stereocenters. The summed E-state index contributed by atoms with van der Waals surface area (Å²) >= 11 is 2.23. The van der Waals surface area contributed by atoms with Crippen molar-refractivity contribution in [3.05, 3.63) is 33.5 Å². The van der Waals surface area contributed by atoms with Gasteiger partial charge in [-0.3, -0.25) is 0 Å². The normalized spacial score (nSPS) is 10.4. The Balaban J connectivity index is 2.04. The van der Waals surface area contributed by atoms with Crippen molar-refractivity contribution in [2.75, 3.05) is 11.1 Å². The van der Waals surface area contributed by atoms with E-state index in [2.05, 4.69) is 38.0 Å². The highest BCUT2D eigenvalue weighted by atomic mass is 127. The number of benzene rings is 1. The molecule has 0 saturated carbocycles. The van der Waals surface area contributed by atoms with Gasteiger partial charge in [0.25, 0.3) is 0 Å². The van der Waals surface area contributed by atoms with Gasteiger partial charge in [0, 0.05) is 21.9 Å². The molecule has 2 rings (SSSR count). The minimum atomic E-state index is 0.539. The summed E-state index contributed by atoms with van der Waals surface area (Å²) in [5.74, 6) is 1.22. The fourth-order valence-electron chi connectivity index (χ4n) is 1.26. The summed E-state index contributed by atoms with van der Waals surface area (Å²) in [6.45, 7) is 2.31. The van der Waals surface area contributed by atoms with Crippen molar-refractivity contribution in [1.29, 1.82) is 0 Å². The third kappa shape index (κ3) is 2.63. The van der Waals surface area contributed by atoms with E-state index in [1.54, 1.807) is 6.92 Å². The van der Waals surface area contributed by atoms with E-state index in [0.717, 1.165) is 14.9 Å². The second-order valence-electron chi connectivity index (χ2n) is 3.32. The molecule has 1 heterocycles. The van der Waals surface area contributed by atoms with E-state index >= 15 is 0 Å². The van der Waals surface area contributed by atoms with Crippen LogP contribution in [0.25, 0.3) is 0 Å². The number of hydrogen-bond acceptors (Lipinski definition) is 5. The van der Waals surface area contributed by atoms with Crippen molar-refractivity contribution in [1.82, 2.24) is 10.1 Å². The smallest absolute Gasteiger partial charge is 0.223 e. The quantitative estimate of drug-likeness (QED) is 0.666. The molecule has 0 amide bonds. The van der Waals surface area contributed by atoms with Crippen molar-refractivity contribution >= 4 is 34.0 Å². The number of halogens is 1. The molecule has 0 aliphatic carbocycles. The van der Waals surface area contributed by atoms with Crippen LogP contribution in [0.1, 0.15) is 11.7 Å². The summed E-state index contributed by atoms with van der Waals surface area (Å²) < 4.78 is 5.95. The molecule has 0 atom stereocenters. The van der Waals surface area contributed by atoms with Crippen LogP contribution in [-0.2, 0) is 6.54 Å². The number of anilines is 2. The Hall–Kier alpha value is -1.31. The van der Waals surface area contributed by atoms with E-state index in [9.17, 15) is 0 Å². The Morgan fingerprint density at radius 2 is 2.31 bits per heavy atom. The monoisotopic (exact) mass is 330 g/mol. The summed E-state index contributed by atoms with van der Waals surface area (Å²) in [6.07, 6.45) is 0. The Bertz CT molecular complexity index is 497. The Labute approximate surface area is 107 Å². The second kappa shape index (κ2) is 4.69. The van der Waals surface area contributed by atoms with Crippen LogP contribution in [0, 0.1) is 10.5 Å². The molecular formula is C10H11IN4O. The van der Waals surface area contributed by atoms with E-state index < -0.39 is 0 Å². The minimum Gasteiger partial charge on any atom is -0.399 e. The van der Waals surface area contributed by atoms with Crippen LogP contribution in [0.3, 0.4) is 0 Å². The maximum absolute atomic E-state index is 5.67. The third-order valence-electron chi connectivity index (χ3n) is 2.00. The number of nitrogens with one attached hydrogen (secondary N) is 1. The van der Waals surface area contributed by atoms with E-state index in [1.807, 2.05) is 18.2 Å². The molecule has 6 heteroatoms. The first-order valence-electron chi connectivity index (χ1n) is 4.73. The van der Waals surface area contributed by atoms with Gasteiger partial charge in [0.2, 0.25) is 5.89 Å². The second-order valence-corrected chi connectivity index (χ2v) is 4.48. The first-order valence-corrected chi connectivity index (χ1v) is 5.81. The Morgan fingerprint density at radius 1 is 1.50 bits per heavy atom. The summed E-state index contributed by atoms with van der Waals surface area (Å²) in [7, 11) is 0. The standard InChI is InChI=1S/C10H11IN4O/c1-6-14-10(15-16-6)5-13-9-3-2-7(12)4-8(9)11/h2-4,13H,5,12H2,1H3. The lowest BCUT2D eigenvalue weighted by molar-refractivity contribution is 0.388. The van der Waals surface area contributed by atoms with Crippen molar-refractivity contribution in [3.63, 3.8) is 0 Å². The predicted octanol–water partition coefficient (Wildman–Crippen LogP) is 2.18. The van der Waals surface area contributed by atoms with Gasteiger partial charge in [0.05, 0.1) is 6.54 Å². The van der Waals surface area contributed by atoms with Crippen LogP contribution in [-0.4, -0.2) is 10.1 Å². The molecule has 0 bridgehead atoms. The highest BCUT2D eigenvalue weighted by Crippen LogP contribution is 2.20. The molecule has 0 radical (unpaired) electrons. The molecule has 84 valence electrons. The van der Waals surface area contributed by atoms with Crippen molar-refractivity contribution in [2.45, 2.75) is 13.5 Å². The van der Waals surface area contributed by atoms with E-state index in [4.69, 9.17) is 10.3 Å². The van der Waals surface area contributed by atoms with Crippen LogP contribution in [0.4, 0.5) is 11.4 Å². The zero-order valence-electron chi connectivity index (χ0n) is 8.70. The fourth-order valence-corrected chi connectivity index (χ4v) is 1.99. The molecule has 2 aromatic rings. The van der Waals surface area contributed by atoms with Gasteiger partial charge < -0.3 is 15.6 Å². The molecule has 5 nitrogen and oxygen atoms in total. The highest BCUT2D eigenvalue weighted by molar-refractivity contribution is 14.1. The molecule has 0 saturated heterocycles. The molecule has 1 aromatic carbocycles. The summed E-state index contributed by atoms with van der Waals surface area (Å²) in [5.41, 5.74) is 7.43. The number of aromatic nitrogens is 2. The van der Waals surface area contributed by atoms with Crippen molar-refractivity contribution in [3.8, 4) is 0 Å². The minimum absolute atomic E-state index is 0.539. The van der Waals surface area contributed by atoms with Crippen molar-refractivity contribution < 1.29 is 4.52 Å².